The van der Waals surface area contributed by atoms with E-state index in [1.807, 2.05) is 0 Å². The van der Waals surface area contributed by atoms with Crippen LogP contribution in [0.3, 0.4) is 0 Å². The zero-order valence-corrected chi connectivity index (χ0v) is 18.3. The number of thioether (sulfide) groups is 1. The van der Waals surface area contributed by atoms with E-state index in [-0.39, 0.29) is 22.1 Å². The van der Waals surface area contributed by atoms with E-state index in [1.54, 1.807) is 19.1 Å². The van der Waals surface area contributed by atoms with Crippen molar-refractivity contribution in [1.29, 1.82) is 0 Å². The molecule has 1 saturated heterocycles. The summed E-state index contributed by atoms with van der Waals surface area (Å²) in [4.78, 5) is 49.1. The molecule has 2 aromatic rings. The fourth-order valence-corrected chi connectivity index (χ4v) is 3.67. The number of hydrogen-bond acceptors (Lipinski definition) is 7. The van der Waals surface area contributed by atoms with Crippen LogP contribution in [0.4, 0.5) is 19.3 Å². The molecule has 1 heterocycles. The summed E-state index contributed by atoms with van der Waals surface area (Å²) in [5.41, 5.74) is 0.220. The maximum absolute atomic E-state index is 13.7. The fourth-order valence-electron chi connectivity index (χ4n) is 2.83. The van der Waals surface area contributed by atoms with E-state index >= 15 is 0 Å². The minimum Gasteiger partial charge on any atom is -0.490 e. The Bertz CT molecular complexity index is 1170. The van der Waals surface area contributed by atoms with Gasteiger partial charge in [0, 0.05) is 13.0 Å². The SMILES string of the molecule is CCOc1cc(/C=C2/SC(=O)N(CC(=O)Nc3ccc(F)cc3F)C2=O)ccc1OC(C)=O. The van der Waals surface area contributed by atoms with Gasteiger partial charge in [-0.05, 0) is 54.6 Å². The molecule has 2 aromatic carbocycles. The monoisotopic (exact) mass is 476 g/mol. The molecule has 1 N–H and O–H groups in total. The van der Waals surface area contributed by atoms with Crippen LogP contribution < -0.4 is 14.8 Å². The zero-order chi connectivity index (χ0) is 24.1. The van der Waals surface area contributed by atoms with Crippen LogP contribution >= 0.6 is 11.8 Å². The summed E-state index contributed by atoms with van der Waals surface area (Å²) in [6.45, 7) is 2.66. The van der Waals surface area contributed by atoms with Crippen molar-refractivity contribution < 1.29 is 37.4 Å². The van der Waals surface area contributed by atoms with Gasteiger partial charge < -0.3 is 14.8 Å². The summed E-state index contributed by atoms with van der Waals surface area (Å²) >= 11 is 0.633. The summed E-state index contributed by atoms with van der Waals surface area (Å²) in [6, 6.07) is 7.20. The third-order valence-electron chi connectivity index (χ3n) is 4.20. The molecule has 8 nitrogen and oxygen atoms in total. The number of carbonyl (C=O) groups excluding carboxylic acids is 4. The zero-order valence-electron chi connectivity index (χ0n) is 17.5. The van der Waals surface area contributed by atoms with Crippen molar-refractivity contribution >= 4 is 46.5 Å². The minimum absolute atomic E-state index is 0.0587. The van der Waals surface area contributed by atoms with Gasteiger partial charge in [-0.2, -0.15) is 0 Å². The van der Waals surface area contributed by atoms with Crippen LogP contribution in [-0.4, -0.2) is 41.1 Å². The third kappa shape index (κ3) is 5.95. The number of esters is 1. The average molecular weight is 476 g/mol. The Kier molecular flexibility index (Phi) is 7.44. The third-order valence-corrected chi connectivity index (χ3v) is 5.11. The molecule has 172 valence electrons. The molecule has 0 aromatic heterocycles. The van der Waals surface area contributed by atoms with E-state index in [0.717, 1.165) is 12.1 Å². The van der Waals surface area contributed by atoms with Crippen molar-refractivity contribution in [2.24, 2.45) is 0 Å². The molecule has 3 amide bonds. The second-order valence-electron chi connectivity index (χ2n) is 6.67. The number of anilines is 1. The Balaban J connectivity index is 1.74. The molecule has 0 saturated carbocycles. The highest BCUT2D eigenvalue weighted by Gasteiger charge is 2.36. The van der Waals surface area contributed by atoms with Crippen molar-refractivity contribution in [2.75, 3.05) is 18.5 Å². The highest BCUT2D eigenvalue weighted by Crippen LogP contribution is 2.34. The number of benzene rings is 2. The Morgan fingerprint density at radius 3 is 2.55 bits per heavy atom. The van der Waals surface area contributed by atoms with Gasteiger partial charge >= 0.3 is 5.97 Å². The molecule has 0 spiro atoms. The number of nitrogens with one attached hydrogen (secondary N) is 1. The smallest absolute Gasteiger partial charge is 0.308 e. The number of nitrogens with zero attached hydrogens (tertiary/aromatic N) is 1. The van der Waals surface area contributed by atoms with E-state index in [9.17, 15) is 28.0 Å². The molecule has 0 bridgehead atoms. The lowest BCUT2D eigenvalue weighted by Gasteiger charge is -2.13. The first-order valence-electron chi connectivity index (χ1n) is 9.63. The number of amides is 3. The van der Waals surface area contributed by atoms with E-state index in [1.165, 1.54) is 19.1 Å². The van der Waals surface area contributed by atoms with Crippen LogP contribution in [0.25, 0.3) is 6.08 Å². The van der Waals surface area contributed by atoms with Crippen LogP contribution in [0.1, 0.15) is 19.4 Å². The first-order chi connectivity index (χ1) is 15.7. The number of hydrogen-bond donors (Lipinski definition) is 1. The van der Waals surface area contributed by atoms with Crippen LogP contribution in [-0.2, 0) is 14.4 Å². The number of imide groups is 1. The van der Waals surface area contributed by atoms with Gasteiger partial charge in [-0.15, -0.1) is 0 Å². The first kappa shape index (κ1) is 23.9. The maximum atomic E-state index is 13.7. The van der Waals surface area contributed by atoms with Gasteiger partial charge in [-0.3, -0.25) is 24.1 Å². The van der Waals surface area contributed by atoms with Crippen molar-refractivity contribution in [2.45, 2.75) is 13.8 Å². The lowest BCUT2D eigenvalue weighted by molar-refractivity contribution is -0.132. The standard InChI is InChI=1S/C22H18F2N2O6S/c1-3-31-18-8-13(4-7-17(18)32-12(2)27)9-19-21(29)26(22(30)33-19)11-20(28)25-16-6-5-14(23)10-15(16)24/h4-10H,3,11H2,1-2H3,(H,25,28)/b19-9+. The first-order valence-corrected chi connectivity index (χ1v) is 10.4. The molecule has 0 aliphatic carbocycles. The molecule has 1 fully saturated rings. The molecule has 33 heavy (non-hydrogen) atoms. The second kappa shape index (κ2) is 10.3. The van der Waals surface area contributed by atoms with Crippen molar-refractivity contribution in [3.8, 4) is 11.5 Å². The summed E-state index contributed by atoms with van der Waals surface area (Å²) in [7, 11) is 0. The molecule has 0 radical (unpaired) electrons. The molecular weight excluding hydrogens is 458 g/mol. The average Bonchev–Trinajstić information content (AvgIpc) is 2.99. The molecule has 0 atom stereocenters. The van der Waals surface area contributed by atoms with Gasteiger partial charge in [0.25, 0.3) is 11.1 Å². The molecular formula is C22H18F2N2O6S. The van der Waals surface area contributed by atoms with E-state index in [4.69, 9.17) is 9.47 Å². The predicted molar refractivity (Wildman–Crippen MR) is 117 cm³/mol. The Hall–Kier alpha value is -3.73. The van der Waals surface area contributed by atoms with Crippen molar-refractivity contribution in [1.82, 2.24) is 4.90 Å². The largest absolute Gasteiger partial charge is 0.490 e. The summed E-state index contributed by atoms with van der Waals surface area (Å²) in [5, 5.41) is 1.52. The van der Waals surface area contributed by atoms with Gasteiger partial charge in [0.15, 0.2) is 11.5 Å². The van der Waals surface area contributed by atoms with Gasteiger partial charge in [0.2, 0.25) is 5.91 Å². The van der Waals surface area contributed by atoms with Crippen LogP contribution in [0.5, 0.6) is 11.5 Å². The lowest BCUT2D eigenvalue weighted by Crippen LogP contribution is -2.36. The number of halogens is 2. The van der Waals surface area contributed by atoms with Gasteiger partial charge in [-0.25, -0.2) is 8.78 Å². The fraction of sp³-hybridized carbons (Fsp3) is 0.182. The molecule has 1 aliphatic heterocycles. The molecule has 1 aliphatic rings. The molecule has 3 rings (SSSR count). The number of carbonyl (C=O) groups is 4. The number of rotatable bonds is 7. The van der Waals surface area contributed by atoms with E-state index in [0.29, 0.717) is 34.9 Å². The van der Waals surface area contributed by atoms with Crippen LogP contribution in [0.15, 0.2) is 41.3 Å². The van der Waals surface area contributed by atoms with Crippen molar-refractivity contribution in [3.63, 3.8) is 0 Å². The predicted octanol–water partition coefficient (Wildman–Crippen LogP) is 3.96. The lowest BCUT2D eigenvalue weighted by atomic mass is 10.2. The highest BCUT2D eigenvalue weighted by molar-refractivity contribution is 8.18. The Morgan fingerprint density at radius 1 is 1.12 bits per heavy atom. The van der Waals surface area contributed by atoms with Gasteiger partial charge in [0.1, 0.15) is 18.2 Å². The van der Waals surface area contributed by atoms with Gasteiger partial charge in [0.05, 0.1) is 17.2 Å². The highest BCUT2D eigenvalue weighted by atomic mass is 32.2. The second-order valence-corrected chi connectivity index (χ2v) is 7.67. The van der Waals surface area contributed by atoms with Gasteiger partial charge in [-0.1, -0.05) is 6.07 Å². The maximum Gasteiger partial charge on any atom is 0.308 e. The Morgan fingerprint density at radius 2 is 1.88 bits per heavy atom. The van der Waals surface area contributed by atoms with E-state index in [2.05, 4.69) is 5.32 Å². The van der Waals surface area contributed by atoms with Crippen molar-refractivity contribution in [3.05, 3.63) is 58.5 Å². The number of ether oxygens (including phenoxy) is 2. The summed E-state index contributed by atoms with van der Waals surface area (Å²) < 4.78 is 37.2. The van der Waals surface area contributed by atoms with Crippen LogP contribution in [0.2, 0.25) is 0 Å². The summed E-state index contributed by atoms with van der Waals surface area (Å²) in [5.74, 6) is -3.37. The summed E-state index contributed by atoms with van der Waals surface area (Å²) in [6.07, 6.45) is 1.43. The molecule has 0 unspecified atom stereocenters. The van der Waals surface area contributed by atoms with E-state index < -0.39 is 41.2 Å². The quantitative estimate of drug-likeness (QED) is 0.367. The Labute approximate surface area is 191 Å². The topological polar surface area (TPSA) is 102 Å². The van der Waals surface area contributed by atoms with Crippen LogP contribution in [0, 0.1) is 11.6 Å². The minimum atomic E-state index is -0.986. The normalized spacial score (nSPS) is 14.5. The molecule has 11 heteroatoms.